The maximum Gasteiger partial charge on any atom is 0.309 e. The minimum atomic E-state index is -0.288. The van der Waals surface area contributed by atoms with Gasteiger partial charge >= 0.3 is 5.97 Å². The number of hydrogen-bond acceptors (Lipinski definition) is 5. The molecule has 0 bridgehead atoms. The smallest absolute Gasteiger partial charge is 0.309 e. The van der Waals surface area contributed by atoms with Gasteiger partial charge in [-0.2, -0.15) is 0 Å². The number of thiophene rings is 1. The van der Waals surface area contributed by atoms with Crippen LogP contribution < -0.4 is 5.32 Å². The van der Waals surface area contributed by atoms with E-state index in [-0.39, 0.29) is 29.7 Å². The van der Waals surface area contributed by atoms with Gasteiger partial charge in [0.15, 0.2) is 0 Å². The molecule has 3 aromatic rings. The number of esters is 1. The second kappa shape index (κ2) is 11.1. The molecule has 2 aromatic carbocycles. The summed E-state index contributed by atoms with van der Waals surface area (Å²) < 4.78 is 19.1. The van der Waals surface area contributed by atoms with Crippen LogP contribution in [0.2, 0.25) is 0 Å². The van der Waals surface area contributed by atoms with Crippen molar-refractivity contribution in [2.24, 2.45) is 5.92 Å². The van der Waals surface area contributed by atoms with Crippen molar-refractivity contribution in [3.8, 4) is 0 Å². The summed E-state index contributed by atoms with van der Waals surface area (Å²) >= 11 is 1.56. The fraction of sp³-hybridized carbons (Fsp3) is 0.357. The summed E-state index contributed by atoms with van der Waals surface area (Å²) in [6.07, 6.45) is 1.40. The molecule has 4 rings (SSSR count). The Morgan fingerprint density at radius 1 is 1.09 bits per heavy atom. The van der Waals surface area contributed by atoms with Crippen molar-refractivity contribution in [3.63, 3.8) is 0 Å². The molecule has 35 heavy (non-hydrogen) atoms. The summed E-state index contributed by atoms with van der Waals surface area (Å²) in [5.41, 5.74) is 3.69. The third-order valence-electron chi connectivity index (χ3n) is 6.67. The van der Waals surface area contributed by atoms with E-state index < -0.39 is 0 Å². The normalized spacial score (nSPS) is 15.5. The highest BCUT2D eigenvalue weighted by atomic mass is 32.1. The quantitative estimate of drug-likeness (QED) is 0.402. The van der Waals surface area contributed by atoms with E-state index in [0.29, 0.717) is 38.1 Å². The summed E-state index contributed by atoms with van der Waals surface area (Å²) in [6, 6.07) is 15.6. The molecule has 0 spiro atoms. The molecule has 1 aromatic heterocycles. The summed E-state index contributed by atoms with van der Waals surface area (Å²) in [5.74, 6) is -0.692. The molecule has 1 amide bonds. The Morgan fingerprint density at radius 2 is 1.74 bits per heavy atom. The summed E-state index contributed by atoms with van der Waals surface area (Å²) in [5, 5.41) is 3.94. The molecule has 1 N–H and O–H groups in total. The van der Waals surface area contributed by atoms with E-state index in [9.17, 15) is 14.0 Å². The molecule has 7 heteroatoms. The SMILES string of the molecule is CCOC(=O)C1CCN(C(c2ccc(F)cc2)c2c(NC(=O)c3ccccc3)sc(C)c2C)CC1. The second-order valence-electron chi connectivity index (χ2n) is 8.86. The van der Waals surface area contributed by atoms with Gasteiger partial charge in [0.1, 0.15) is 10.8 Å². The van der Waals surface area contributed by atoms with Crippen LogP contribution >= 0.6 is 11.3 Å². The molecule has 1 unspecified atom stereocenters. The van der Waals surface area contributed by atoms with Gasteiger partial charge in [-0.05, 0) is 82.1 Å². The molecule has 0 saturated carbocycles. The van der Waals surface area contributed by atoms with Crippen molar-refractivity contribution in [1.82, 2.24) is 4.90 Å². The Hall–Kier alpha value is -3.03. The fourth-order valence-corrected chi connectivity index (χ4v) is 5.78. The highest BCUT2D eigenvalue weighted by molar-refractivity contribution is 7.16. The molecule has 1 atom stereocenters. The zero-order valence-electron chi connectivity index (χ0n) is 20.3. The number of halogens is 1. The van der Waals surface area contributed by atoms with Crippen molar-refractivity contribution < 1.29 is 18.7 Å². The summed E-state index contributed by atoms with van der Waals surface area (Å²) in [4.78, 5) is 28.8. The van der Waals surface area contributed by atoms with Crippen molar-refractivity contribution >= 4 is 28.2 Å². The number of ether oxygens (including phenoxy) is 1. The first-order chi connectivity index (χ1) is 16.9. The van der Waals surface area contributed by atoms with Crippen molar-refractivity contribution in [3.05, 3.63) is 87.5 Å². The Kier molecular flexibility index (Phi) is 7.98. The first-order valence-electron chi connectivity index (χ1n) is 12.0. The molecule has 1 saturated heterocycles. The standard InChI is InChI=1S/C28H31FN2O3S/c1-4-34-28(33)22-14-16-31(17-15-22)25(20-10-12-23(29)13-11-20)24-18(2)19(3)35-27(24)30-26(32)21-8-6-5-7-9-21/h5-13,22,25H,4,14-17H2,1-3H3,(H,30,32). The van der Waals surface area contributed by atoms with Crippen molar-refractivity contribution in [2.75, 3.05) is 25.0 Å². The summed E-state index contributed by atoms with van der Waals surface area (Å²) in [7, 11) is 0. The molecular weight excluding hydrogens is 463 g/mol. The maximum atomic E-state index is 13.8. The minimum Gasteiger partial charge on any atom is -0.466 e. The van der Waals surface area contributed by atoms with Gasteiger partial charge in [-0.25, -0.2) is 4.39 Å². The molecule has 1 aliphatic heterocycles. The Labute approximate surface area is 209 Å². The number of aryl methyl sites for hydroxylation is 1. The lowest BCUT2D eigenvalue weighted by Gasteiger charge is -2.38. The van der Waals surface area contributed by atoms with Crippen molar-refractivity contribution in [2.45, 2.75) is 39.7 Å². The fourth-order valence-electron chi connectivity index (χ4n) is 4.69. The number of hydrogen-bond donors (Lipinski definition) is 1. The number of anilines is 1. The number of carbonyl (C=O) groups excluding carboxylic acids is 2. The van der Waals surface area contributed by atoms with Crippen LogP contribution in [0.5, 0.6) is 0 Å². The van der Waals surface area contributed by atoms with Gasteiger partial charge < -0.3 is 10.1 Å². The zero-order chi connectivity index (χ0) is 24.9. The average Bonchev–Trinajstić information content (AvgIpc) is 3.14. The van der Waals surface area contributed by atoms with Crippen LogP contribution in [0.25, 0.3) is 0 Å². The molecule has 1 fully saturated rings. The van der Waals surface area contributed by atoms with E-state index in [1.165, 1.54) is 12.1 Å². The van der Waals surface area contributed by atoms with Gasteiger partial charge in [0, 0.05) is 16.0 Å². The maximum absolute atomic E-state index is 13.8. The molecule has 2 heterocycles. The lowest BCUT2D eigenvalue weighted by atomic mass is 9.90. The van der Waals surface area contributed by atoms with E-state index in [2.05, 4.69) is 24.1 Å². The molecule has 5 nitrogen and oxygen atoms in total. The van der Waals surface area contributed by atoms with E-state index in [4.69, 9.17) is 4.74 Å². The first-order valence-corrected chi connectivity index (χ1v) is 12.8. The van der Waals surface area contributed by atoms with Gasteiger partial charge in [0.05, 0.1) is 18.6 Å². The number of amides is 1. The van der Waals surface area contributed by atoms with E-state index in [1.807, 2.05) is 37.3 Å². The van der Waals surface area contributed by atoms with Crippen LogP contribution in [0.1, 0.15) is 57.7 Å². The minimum absolute atomic E-state index is 0.109. The van der Waals surface area contributed by atoms with E-state index >= 15 is 0 Å². The number of piperidine rings is 1. The van der Waals surface area contributed by atoms with Crippen LogP contribution in [0, 0.1) is 25.6 Å². The molecule has 1 aliphatic rings. The topological polar surface area (TPSA) is 58.6 Å². The monoisotopic (exact) mass is 494 g/mol. The molecular formula is C28H31FN2O3S. The number of likely N-dealkylation sites (tertiary alicyclic amines) is 1. The van der Waals surface area contributed by atoms with Crippen LogP contribution in [0.3, 0.4) is 0 Å². The Bertz CT molecular complexity index is 1170. The van der Waals surface area contributed by atoms with Crippen LogP contribution in [0.4, 0.5) is 9.39 Å². The van der Waals surface area contributed by atoms with E-state index in [1.54, 1.807) is 23.5 Å². The van der Waals surface area contributed by atoms with Crippen LogP contribution in [-0.2, 0) is 9.53 Å². The molecule has 184 valence electrons. The van der Waals surface area contributed by atoms with Gasteiger partial charge in [-0.15, -0.1) is 11.3 Å². The number of nitrogens with zero attached hydrogens (tertiary/aromatic N) is 1. The third-order valence-corrected chi connectivity index (χ3v) is 7.81. The average molecular weight is 495 g/mol. The van der Waals surface area contributed by atoms with Crippen LogP contribution in [0.15, 0.2) is 54.6 Å². The van der Waals surface area contributed by atoms with Gasteiger partial charge in [-0.1, -0.05) is 30.3 Å². The largest absolute Gasteiger partial charge is 0.466 e. The van der Waals surface area contributed by atoms with E-state index in [0.717, 1.165) is 26.6 Å². The van der Waals surface area contributed by atoms with Crippen molar-refractivity contribution in [1.29, 1.82) is 0 Å². The predicted molar refractivity (Wildman–Crippen MR) is 137 cm³/mol. The highest BCUT2D eigenvalue weighted by Gasteiger charge is 2.34. The first kappa shape index (κ1) is 25.1. The van der Waals surface area contributed by atoms with Crippen LogP contribution in [-0.4, -0.2) is 36.5 Å². The second-order valence-corrected chi connectivity index (χ2v) is 10.1. The number of carbonyl (C=O) groups is 2. The summed E-state index contributed by atoms with van der Waals surface area (Å²) in [6.45, 7) is 7.73. The predicted octanol–water partition coefficient (Wildman–Crippen LogP) is 6.12. The molecule has 0 aliphatic carbocycles. The number of rotatable bonds is 7. The lowest BCUT2D eigenvalue weighted by Crippen LogP contribution is -2.40. The van der Waals surface area contributed by atoms with Gasteiger partial charge in [0.2, 0.25) is 0 Å². The molecule has 0 radical (unpaired) electrons. The zero-order valence-corrected chi connectivity index (χ0v) is 21.2. The number of benzene rings is 2. The Balaban J connectivity index is 1.68. The number of nitrogens with one attached hydrogen (secondary N) is 1. The van der Waals surface area contributed by atoms with Gasteiger partial charge in [-0.3, -0.25) is 14.5 Å². The highest BCUT2D eigenvalue weighted by Crippen LogP contribution is 2.43. The third kappa shape index (κ3) is 5.63. The van der Waals surface area contributed by atoms with Gasteiger partial charge in [0.25, 0.3) is 5.91 Å². The lowest BCUT2D eigenvalue weighted by molar-refractivity contribution is -0.149. The Morgan fingerprint density at radius 3 is 2.37 bits per heavy atom.